The maximum atomic E-state index is 12.9. The van der Waals surface area contributed by atoms with Crippen LogP contribution >= 0.6 is 11.3 Å². The number of esters is 1. The van der Waals surface area contributed by atoms with Crippen LogP contribution in [0.5, 0.6) is 0 Å². The van der Waals surface area contributed by atoms with Crippen LogP contribution in [-0.2, 0) is 16.1 Å². The van der Waals surface area contributed by atoms with Gasteiger partial charge in [-0.15, -0.1) is 11.3 Å². The quantitative estimate of drug-likeness (QED) is 0.338. The highest BCUT2D eigenvalue weighted by Crippen LogP contribution is 2.25. The largest absolute Gasteiger partial charge is 0.462 e. The summed E-state index contributed by atoms with van der Waals surface area (Å²) in [6, 6.07) is 17.7. The molecule has 0 spiro atoms. The molecule has 31 heavy (non-hydrogen) atoms. The van der Waals surface area contributed by atoms with Gasteiger partial charge in [0, 0.05) is 28.4 Å². The van der Waals surface area contributed by atoms with E-state index in [1.165, 1.54) is 11.3 Å². The lowest BCUT2D eigenvalue weighted by Gasteiger charge is -2.08. The first-order chi connectivity index (χ1) is 15.1. The van der Waals surface area contributed by atoms with E-state index in [2.05, 4.69) is 5.32 Å². The van der Waals surface area contributed by atoms with Gasteiger partial charge in [0.1, 0.15) is 6.54 Å². The number of ketones is 1. The summed E-state index contributed by atoms with van der Waals surface area (Å²) in [5, 5.41) is 5.51. The molecule has 1 amide bonds. The second-order valence-corrected chi connectivity index (χ2v) is 7.79. The van der Waals surface area contributed by atoms with Gasteiger partial charge in [-0.2, -0.15) is 0 Å². The number of nitrogens with one attached hydrogen (secondary N) is 1. The van der Waals surface area contributed by atoms with Crippen LogP contribution in [0.3, 0.4) is 0 Å². The van der Waals surface area contributed by atoms with Gasteiger partial charge in [-0.3, -0.25) is 9.59 Å². The molecule has 1 N–H and O–H groups in total. The number of nitrogens with zero attached hydrogens (tertiary/aromatic N) is 1. The number of amides is 1. The van der Waals surface area contributed by atoms with Gasteiger partial charge < -0.3 is 14.6 Å². The number of ether oxygens (including phenoxy) is 1. The summed E-state index contributed by atoms with van der Waals surface area (Å²) in [5.41, 5.74) is 2.39. The molecule has 0 radical (unpaired) electrons. The van der Waals surface area contributed by atoms with Crippen LogP contribution in [0.1, 0.15) is 32.5 Å². The lowest BCUT2D eigenvalue weighted by molar-refractivity contribution is -0.116. The molecule has 0 aliphatic heterocycles. The number of thiophene rings is 1. The van der Waals surface area contributed by atoms with Crippen molar-refractivity contribution in [2.45, 2.75) is 13.5 Å². The number of rotatable bonds is 7. The van der Waals surface area contributed by atoms with E-state index in [1.807, 2.05) is 35.7 Å². The lowest BCUT2D eigenvalue weighted by atomic mass is 10.1. The summed E-state index contributed by atoms with van der Waals surface area (Å²) in [6.45, 7) is 2.11. The number of para-hydroxylation sites is 1. The topological polar surface area (TPSA) is 77.4 Å². The van der Waals surface area contributed by atoms with Crippen LogP contribution in [0, 0.1) is 0 Å². The Bertz CT molecular complexity index is 1240. The summed E-state index contributed by atoms with van der Waals surface area (Å²) in [4.78, 5) is 38.0. The number of hydrogen-bond donors (Lipinski definition) is 1. The van der Waals surface area contributed by atoms with Crippen molar-refractivity contribution in [2.24, 2.45) is 0 Å². The summed E-state index contributed by atoms with van der Waals surface area (Å²) in [7, 11) is 0. The Labute approximate surface area is 183 Å². The maximum Gasteiger partial charge on any atom is 0.338 e. The van der Waals surface area contributed by atoms with Gasteiger partial charge in [0.2, 0.25) is 11.7 Å². The Kier molecular flexibility index (Phi) is 5.95. The highest BCUT2D eigenvalue weighted by atomic mass is 32.1. The first-order valence-corrected chi connectivity index (χ1v) is 10.7. The van der Waals surface area contributed by atoms with Crippen LogP contribution in [0.25, 0.3) is 10.9 Å². The Morgan fingerprint density at radius 2 is 1.77 bits per heavy atom. The van der Waals surface area contributed by atoms with E-state index in [9.17, 15) is 14.4 Å². The standard InChI is InChI=1S/C24H20N2O4S/c1-2-30-24(29)16-9-11-17(12-10-16)25-22(27)15-26-14-19(18-6-3-4-7-20(18)26)23(28)21-8-5-13-31-21/h3-14H,2,15H2,1H3,(H,25,27). The Hall–Kier alpha value is -3.71. The molecule has 156 valence electrons. The number of anilines is 1. The molecule has 0 saturated heterocycles. The average Bonchev–Trinajstić information content (AvgIpc) is 3.43. The van der Waals surface area contributed by atoms with E-state index < -0.39 is 5.97 Å². The number of carbonyl (C=O) groups excluding carboxylic acids is 3. The SMILES string of the molecule is CCOC(=O)c1ccc(NC(=O)Cn2cc(C(=O)c3cccs3)c3ccccc32)cc1. The van der Waals surface area contributed by atoms with Crippen molar-refractivity contribution in [3.8, 4) is 0 Å². The second-order valence-electron chi connectivity index (χ2n) is 6.84. The fourth-order valence-electron chi connectivity index (χ4n) is 3.36. The molecule has 4 rings (SSSR count). The Balaban J connectivity index is 1.53. The van der Waals surface area contributed by atoms with Crippen molar-refractivity contribution in [3.63, 3.8) is 0 Å². The predicted molar refractivity (Wildman–Crippen MR) is 121 cm³/mol. The normalized spacial score (nSPS) is 10.7. The van der Waals surface area contributed by atoms with Gasteiger partial charge in [0.15, 0.2) is 0 Å². The van der Waals surface area contributed by atoms with Crippen molar-refractivity contribution >= 4 is 45.6 Å². The van der Waals surface area contributed by atoms with Crippen molar-refractivity contribution in [2.75, 3.05) is 11.9 Å². The van der Waals surface area contributed by atoms with Gasteiger partial charge in [0.25, 0.3) is 0 Å². The van der Waals surface area contributed by atoms with Crippen molar-refractivity contribution in [3.05, 3.63) is 88.2 Å². The molecule has 2 aromatic heterocycles. The minimum absolute atomic E-state index is 0.0534. The zero-order valence-corrected chi connectivity index (χ0v) is 17.6. The summed E-state index contributed by atoms with van der Waals surface area (Å²) < 4.78 is 6.74. The van der Waals surface area contributed by atoms with Crippen molar-refractivity contribution in [1.29, 1.82) is 0 Å². The number of benzene rings is 2. The monoisotopic (exact) mass is 432 g/mol. The molecule has 4 aromatic rings. The first-order valence-electron chi connectivity index (χ1n) is 9.80. The zero-order chi connectivity index (χ0) is 21.8. The molecule has 0 aliphatic rings. The molecule has 2 aromatic carbocycles. The third kappa shape index (κ3) is 4.41. The summed E-state index contributed by atoms with van der Waals surface area (Å²) in [6.07, 6.45) is 1.73. The molecule has 7 heteroatoms. The van der Waals surface area contributed by atoms with Crippen molar-refractivity contribution < 1.29 is 19.1 Å². The van der Waals surface area contributed by atoms with Gasteiger partial charge in [0.05, 0.1) is 17.0 Å². The molecular weight excluding hydrogens is 412 g/mol. The minimum atomic E-state index is -0.401. The number of hydrogen-bond acceptors (Lipinski definition) is 5. The zero-order valence-electron chi connectivity index (χ0n) is 16.8. The van der Waals surface area contributed by atoms with Crippen LogP contribution in [0.4, 0.5) is 5.69 Å². The van der Waals surface area contributed by atoms with Crippen molar-refractivity contribution in [1.82, 2.24) is 4.57 Å². The fourth-order valence-corrected chi connectivity index (χ4v) is 4.04. The van der Waals surface area contributed by atoms with Crippen LogP contribution in [-0.4, -0.2) is 28.8 Å². The molecule has 0 aliphatic carbocycles. The third-order valence-corrected chi connectivity index (χ3v) is 5.64. The predicted octanol–water partition coefficient (Wildman–Crippen LogP) is 4.75. The molecule has 0 bridgehead atoms. The fraction of sp³-hybridized carbons (Fsp3) is 0.125. The Morgan fingerprint density at radius 3 is 2.48 bits per heavy atom. The van der Waals surface area contributed by atoms with Crippen LogP contribution < -0.4 is 5.32 Å². The van der Waals surface area contributed by atoms with E-state index in [-0.39, 0.29) is 18.2 Å². The second kappa shape index (κ2) is 8.97. The smallest absolute Gasteiger partial charge is 0.338 e. The lowest BCUT2D eigenvalue weighted by Crippen LogP contribution is -2.18. The highest BCUT2D eigenvalue weighted by molar-refractivity contribution is 7.12. The molecule has 0 fully saturated rings. The third-order valence-electron chi connectivity index (χ3n) is 4.77. The van der Waals surface area contributed by atoms with Gasteiger partial charge in [-0.1, -0.05) is 24.3 Å². The number of aromatic nitrogens is 1. The molecule has 0 unspecified atom stereocenters. The van der Waals surface area contributed by atoms with E-state index >= 15 is 0 Å². The van der Waals surface area contributed by atoms with E-state index in [4.69, 9.17) is 4.74 Å². The van der Waals surface area contributed by atoms with Crippen LogP contribution in [0.15, 0.2) is 72.2 Å². The van der Waals surface area contributed by atoms with Gasteiger partial charge in [-0.05, 0) is 48.7 Å². The van der Waals surface area contributed by atoms with Crippen LogP contribution in [0.2, 0.25) is 0 Å². The molecule has 6 nitrogen and oxygen atoms in total. The molecule has 0 atom stereocenters. The van der Waals surface area contributed by atoms with Gasteiger partial charge >= 0.3 is 5.97 Å². The summed E-state index contributed by atoms with van der Waals surface area (Å²) >= 11 is 1.39. The maximum absolute atomic E-state index is 12.9. The summed E-state index contributed by atoms with van der Waals surface area (Å²) in [5.74, 6) is -0.693. The minimum Gasteiger partial charge on any atom is -0.462 e. The molecule has 2 heterocycles. The first kappa shape index (κ1) is 20.6. The molecule has 0 saturated carbocycles. The van der Waals surface area contributed by atoms with E-state index in [0.29, 0.717) is 28.3 Å². The average molecular weight is 433 g/mol. The number of fused-ring (bicyclic) bond motifs is 1. The number of carbonyl (C=O) groups is 3. The van der Waals surface area contributed by atoms with E-state index in [0.717, 1.165) is 10.9 Å². The Morgan fingerprint density at radius 1 is 1.00 bits per heavy atom. The van der Waals surface area contributed by atoms with Gasteiger partial charge in [-0.25, -0.2) is 4.79 Å². The highest BCUT2D eigenvalue weighted by Gasteiger charge is 2.18. The van der Waals surface area contributed by atoms with E-state index in [1.54, 1.807) is 48.0 Å². The molecular formula is C24H20N2O4S.